The fourth-order valence-electron chi connectivity index (χ4n) is 2.58. The molecule has 2 rings (SSSR count). The van der Waals surface area contributed by atoms with Crippen molar-refractivity contribution in [3.05, 3.63) is 35.4 Å². The Morgan fingerprint density at radius 1 is 1.35 bits per heavy atom. The predicted octanol–water partition coefficient (Wildman–Crippen LogP) is 2.31. The molecule has 1 unspecified atom stereocenters. The number of benzene rings is 1. The van der Waals surface area contributed by atoms with E-state index in [-0.39, 0.29) is 17.7 Å². The van der Waals surface area contributed by atoms with Gasteiger partial charge in [0.25, 0.3) is 5.91 Å². The largest absolute Gasteiger partial charge is 0.330 e. The number of carbonyl (C=O) groups excluding carboxylic acids is 1. The van der Waals surface area contributed by atoms with E-state index in [1.54, 1.807) is 5.01 Å². The quantitative estimate of drug-likeness (QED) is 0.895. The normalized spacial score (nSPS) is 18.9. The van der Waals surface area contributed by atoms with Crippen molar-refractivity contribution >= 4 is 11.6 Å². The summed E-state index contributed by atoms with van der Waals surface area (Å²) in [5.41, 5.74) is 8.92. The second-order valence-corrected chi connectivity index (χ2v) is 5.63. The van der Waals surface area contributed by atoms with E-state index in [0.29, 0.717) is 19.5 Å². The van der Waals surface area contributed by atoms with Gasteiger partial charge in [-0.3, -0.25) is 4.79 Å². The molecule has 1 amide bonds. The molecule has 0 fully saturated rings. The first-order valence-corrected chi connectivity index (χ1v) is 7.19. The smallest absolute Gasteiger partial charge is 0.251 e. The first kappa shape index (κ1) is 14.7. The molecular formula is C16H23N3O. The molecule has 0 bridgehead atoms. The molecule has 108 valence electrons. The van der Waals surface area contributed by atoms with Crippen LogP contribution in [-0.4, -0.2) is 23.2 Å². The number of amides is 1. The Bertz CT molecular complexity index is 522. The maximum absolute atomic E-state index is 12.5. The van der Waals surface area contributed by atoms with Gasteiger partial charge in [0.15, 0.2) is 0 Å². The van der Waals surface area contributed by atoms with Gasteiger partial charge in [-0.15, -0.1) is 0 Å². The SMILES string of the molecule is Cc1ccccc1CN1N=C(C(C)C)C(CCN)C1=O. The summed E-state index contributed by atoms with van der Waals surface area (Å²) in [5, 5.41) is 6.16. The molecule has 0 aromatic heterocycles. The molecule has 2 N–H and O–H groups in total. The zero-order chi connectivity index (χ0) is 14.7. The van der Waals surface area contributed by atoms with Crippen molar-refractivity contribution in [1.29, 1.82) is 0 Å². The van der Waals surface area contributed by atoms with Crippen LogP contribution in [0.2, 0.25) is 0 Å². The number of hydrogen-bond donors (Lipinski definition) is 1. The summed E-state index contributed by atoms with van der Waals surface area (Å²) in [6.45, 7) is 7.27. The Kier molecular flexibility index (Phi) is 4.55. The van der Waals surface area contributed by atoms with Gasteiger partial charge in [-0.2, -0.15) is 5.10 Å². The standard InChI is InChI=1S/C16H23N3O/c1-11(2)15-14(8-9-17)16(20)19(18-15)10-13-7-5-4-6-12(13)3/h4-7,11,14H,8-10,17H2,1-3H3. The van der Waals surface area contributed by atoms with Gasteiger partial charge >= 0.3 is 0 Å². The summed E-state index contributed by atoms with van der Waals surface area (Å²) in [5.74, 6) is 0.226. The third-order valence-electron chi connectivity index (χ3n) is 3.77. The number of nitrogens with two attached hydrogens (primary N) is 1. The summed E-state index contributed by atoms with van der Waals surface area (Å²) in [6, 6.07) is 8.10. The number of nitrogens with zero attached hydrogens (tertiary/aromatic N) is 2. The van der Waals surface area contributed by atoms with Crippen LogP contribution >= 0.6 is 0 Å². The van der Waals surface area contributed by atoms with Crippen molar-refractivity contribution in [2.75, 3.05) is 6.54 Å². The van der Waals surface area contributed by atoms with Crippen LogP contribution < -0.4 is 5.73 Å². The topological polar surface area (TPSA) is 58.7 Å². The first-order chi connectivity index (χ1) is 9.54. The van der Waals surface area contributed by atoms with Crippen LogP contribution in [0.5, 0.6) is 0 Å². The van der Waals surface area contributed by atoms with E-state index in [1.165, 1.54) is 5.56 Å². The lowest BCUT2D eigenvalue weighted by Crippen LogP contribution is -2.30. The molecule has 0 aliphatic carbocycles. The predicted molar refractivity (Wildman–Crippen MR) is 81.2 cm³/mol. The second-order valence-electron chi connectivity index (χ2n) is 5.63. The summed E-state index contributed by atoms with van der Waals surface area (Å²) in [7, 11) is 0. The van der Waals surface area contributed by atoms with E-state index < -0.39 is 0 Å². The van der Waals surface area contributed by atoms with Crippen molar-refractivity contribution in [3.8, 4) is 0 Å². The maximum atomic E-state index is 12.5. The van der Waals surface area contributed by atoms with Crippen molar-refractivity contribution in [2.24, 2.45) is 22.7 Å². The highest BCUT2D eigenvalue weighted by molar-refractivity contribution is 6.08. The molecule has 1 heterocycles. The molecule has 20 heavy (non-hydrogen) atoms. The van der Waals surface area contributed by atoms with Gasteiger partial charge in [0.2, 0.25) is 0 Å². The van der Waals surface area contributed by atoms with Crippen LogP contribution in [0, 0.1) is 18.8 Å². The minimum Gasteiger partial charge on any atom is -0.330 e. The highest BCUT2D eigenvalue weighted by Gasteiger charge is 2.36. The van der Waals surface area contributed by atoms with Gasteiger partial charge in [-0.1, -0.05) is 38.1 Å². The number of aryl methyl sites for hydroxylation is 1. The molecule has 0 spiro atoms. The number of rotatable bonds is 5. The van der Waals surface area contributed by atoms with Crippen LogP contribution in [0.4, 0.5) is 0 Å². The highest BCUT2D eigenvalue weighted by Crippen LogP contribution is 2.25. The van der Waals surface area contributed by atoms with Gasteiger partial charge in [0.1, 0.15) is 0 Å². The van der Waals surface area contributed by atoms with E-state index >= 15 is 0 Å². The van der Waals surface area contributed by atoms with Crippen LogP contribution in [0.25, 0.3) is 0 Å². The van der Waals surface area contributed by atoms with Crippen molar-refractivity contribution in [3.63, 3.8) is 0 Å². The first-order valence-electron chi connectivity index (χ1n) is 7.19. The van der Waals surface area contributed by atoms with Crippen LogP contribution in [0.3, 0.4) is 0 Å². The zero-order valence-corrected chi connectivity index (χ0v) is 12.5. The van der Waals surface area contributed by atoms with E-state index in [4.69, 9.17) is 5.73 Å². The van der Waals surface area contributed by atoms with E-state index in [0.717, 1.165) is 11.3 Å². The highest BCUT2D eigenvalue weighted by atomic mass is 16.2. The third kappa shape index (κ3) is 2.90. The molecule has 4 heteroatoms. The molecule has 0 radical (unpaired) electrons. The number of hydrazone groups is 1. The summed E-state index contributed by atoms with van der Waals surface area (Å²) in [4.78, 5) is 12.5. The third-order valence-corrected chi connectivity index (χ3v) is 3.77. The van der Waals surface area contributed by atoms with Crippen LogP contribution in [0.15, 0.2) is 29.4 Å². The average molecular weight is 273 g/mol. The van der Waals surface area contributed by atoms with Gasteiger partial charge in [-0.05, 0) is 36.9 Å². The Morgan fingerprint density at radius 3 is 2.65 bits per heavy atom. The molecule has 0 saturated carbocycles. The van der Waals surface area contributed by atoms with E-state index in [2.05, 4.69) is 31.9 Å². The second kappa shape index (κ2) is 6.18. The average Bonchev–Trinajstić information content (AvgIpc) is 2.71. The fourth-order valence-corrected chi connectivity index (χ4v) is 2.58. The van der Waals surface area contributed by atoms with E-state index in [9.17, 15) is 4.79 Å². The Balaban J connectivity index is 2.21. The van der Waals surface area contributed by atoms with Gasteiger partial charge < -0.3 is 5.73 Å². The summed E-state index contributed by atoms with van der Waals surface area (Å²) < 4.78 is 0. The molecule has 1 aliphatic rings. The molecule has 4 nitrogen and oxygen atoms in total. The number of carbonyl (C=O) groups is 1. The molecule has 1 atom stereocenters. The Labute approximate surface area is 120 Å². The molecular weight excluding hydrogens is 250 g/mol. The molecule has 1 aromatic rings. The maximum Gasteiger partial charge on any atom is 0.251 e. The number of hydrogen-bond acceptors (Lipinski definition) is 3. The summed E-state index contributed by atoms with van der Waals surface area (Å²) in [6.07, 6.45) is 0.681. The zero-order valence-electron chi connectivity index (χ0n) is 12.5. The van der Waals surface area contributed by atoms with E-state index in [1.807, 2.05) is 18.2 Å². The molecule has 1 aliphatic heterocycles. The lowest BCUT2D eigenvalue weighted by Gasteiger charge is -2.15. The van der Waals surface area contributed by atoms with Gasteiger partial charge in [0.05, 0.1) is 18.2 Å². The monoisotopic (exact) mass is 273 g/mol. The van der Waals surface area contributed by atoms with Crippen molar-refractivity contribution in [2.45, 2.75) is 33.7 Å². The Morgan fingerprint density at radius 2 is 2.05 bits per heavy atom. The van der Waals surface area contributed by atoms with Gasteiger partial charge in [-0.25, -0.2) is 5.01 Å². The van der Waals surface area contributed by atoms with Crippen LogP contribution in [0.1, 0.15) is 31.4 Å². The fraction of sp³-hybridized carbons (Fsp3) is 0.500. The van der Waals surface area contributed by atoms with Crippen molar-refractivity contribution < 1.29 is 4.79 Å². The molecule has 1 aromatic carbocycles. The Hall–Kier alpha value is -1.68. The lowest BCUT2D eigenvalue weighted by molar-refractivity contribution is -0.132. The van der Waals surface area contributed by atoms with Crippen molar-refractivity contribution in [1.82, 2.24) is 5.01 Å². The minimum absolute atomic E-state index is 0.0856. The lowest BCUT2D eigenvalue weighted by atomic mass is 9.92. The van der Waals surface area contributed by atoms with Gasteiger partial charge in [0, 0.05) is 0 Å². The summed E-state index contributed by atoms with van der Waals surface area (Å²) >= 11 is 0. The van der Waals surface area contributed by atoms with Crippen LogP contribution in [-0.2, 0) is 11.3 Å². The minimum atomic E-state index is -0.135. The molecule has 0 saturated heterocycles.